The molecule has 94 valence electrons. The van der Waals surface area contributed by atoms with Crippen molar-refractivity contribution in [2.45, 2.75) is 18.9 Å². The number of hydrogen-bond donors (Lipinski definition) is 1. The van der Waals surface area contributed by atoms with Crippen LogP contribution in [0.5, 0.6) is 0 Å². The molecule has 0 radical (unpaired) electrons. The minimum Gasteiger partial charge on any atom is -0.464 e. The van der Waals surface area contributed by atoms with Crippen LogP contribution in [0.25, 0.3) is 0 Å². The van der Waals surface area contributed by atoms with Crippen LogP contribution < -0.4 is 0 Å². The standard InChI is InChI=1S/C13H13ClN2O2/c14-12-3-1-10(2-4-12)5-13(18-9-17)6-11-7-15-16-8-11/h1-4,7-9,13H,5-6H2,(H,15,16). The van der Waals surface area contributed by atoms with Crippen molar-refractivity contribution in [2.24, 2.45) is 0 Å². The fraction of sp³-hybridized carbons (Fsp3) is 0.231. The van der Waals surface area contributed by atoms with Crippen LogP contribution in [0.3, 0.4) is 0 Å². The fourth-order valence-electron chi connectivity index (χ4n) is 1.78. The van der Waals surface area contributed by atoms with Crippen LogP contribution in [0.4, 0.5) is 0 Å². The number of aromatic nitrogens is 2. The monoisotopic (exact) mass is 264 g/mol. The minimum atomic E-state index is -0.193. The molecule has 0 spiro atoms. The number of nitrogens with one attached hydrogen (secondary N) is 1. The Morgan fingerprint density at radius 3 is 2.61 bits per heavy atom. The van der Waals surface area contributed by atoms with Gasteiger partial charge in [0, 0.05) is 24.1 Å². The first kappa shape index (κ1) is 12.6. The Balaban J connectivity index is 2.01. The van der Waals surface area contributed by atoms with Crippen molar-refractivity contribution >= 4 is 18.1 Å². The Kier molecular flexibility index (Phi) is 4.36. The lowest BCUT2D eigenvalue weighted by molar-refractivity contribution is -0.133. The molecule has 1 heterocycles. The van der Waals surface area contributed by atoms with E-state index >= 15 is 0 Å². The molecule has 1 aromatic heterocycles. The van der Waals surface area contributed by atoms with E-state index in [2.05, 4.69) is 10.2 Å². The molecule has 1 N–H and O–H groups in total. The Morgan fingerprint density at radius 1 is 1.28 bits per heavy atom. The highest BCUT2D eigenvalue weighted by atomic mass is 35.5. The molecule has 0 aliphatic rings. The summed E-state index contributed by atoms with van der Waals surface area (Å²) in [5, 5.41) is 7.30. The maximum absolute atomic E-state index is 10.5. The van der Waals surface area contributed by atoms with Gasteiger partial charge < -0.3 is 4.74 Å². The van der Waals surface area contributed by atoms with Gasteiger partial charge in [0.15, 0.2) is 0 Å². The molecule has 1 aromatic carbocycles. The first-order valence-corrected chi connectivity index (χ1v) is 5.97. The fourth-order valence-corrected chi connectivity index (χ4v) is 1.91. The summed E-state index contributed by atoms with van der Waals surface area (Å²) in [6.45, 7) is 0.487. The van der Waals surface area contributed by atoms with Gasteiger partial charge in [0.05, 0.1) is 6.20 Å². The third-order valence-electron chi connectivity index (χ3n) is 2.64. The zero-order valence-corrected chi connectivity index (χ0v) is 10.4. The summed E-state index contributed by atoms with van der Waals surface area (Å²) in [7, 11) is 0. The number of ether oxygens (including phenoxy) is 1. The SMILES string of the molecule is O=COC(Cc1ccc(Cl)cc1)Cc1cn[nH]c1. The lowest BCUT2D eigenvalue weighted by atomic mass is 10.0. The Hall–Kier alpha value is -1.81. The van der Waals surface area contributed by atoms with Gasteiger partial charge in [0.2, 0.25) is 0 Å². The van der Waals surface area contributed by atoms with Gasteiger partial charge in [-0.25, -0.2) is 0 Å². The number of rotatable bonds is 6. The molecule has 4 nitrogen and oxygen atoms in total. The molecule has 0 amide bonds. The predicted molar refractivity (Wildman–Crippen MR) is 68.4 cm³/mol. The molecule has 0 aliphatic carbocycles. The second kappa shape index (κ2) is 6.21. The Bertz CT molecular complexity index is 482. The maximum atomic E-state index is 10.5. The highest BCUT2D eigenvalue weighted by Gasteiger charge is 2.12. The lowest BCUT2D eigenvalue weighted by Gasteiger charge is -2.14. The van der Waals surface area contributed by atoms with E-state index in [-0.39, 0.29) is 6.10 Å². The Morgan fingerprint density at radius 2 is 2.00 bits per heavy atom. The van der Waals surface area contributed by atoms with E-state index in [9.17, 15) is 4.79 Å². The molecular formula is C13H13ClN2O2. The van der Waals surface area contributed by atoms with Gasteiger partial charge >= 0.3 is 0 Å². The molecule has 18 heavy (non-hydrogen) atoms. The van der Waals surface area contributed by atoms with Crippen LogP contribution in [0.2, 0.25) is 5.02 Å². The molecule has 0 fully saturated rings. The molecule has 0 aliphatic heterocycles. The van der Waals surface area contributed by atoms with Crippen molar-refractivity contribution in [1.29, 1.82) is 0 Å². The van der Waals surface area contributed by atoms with Crippen molar-refractivity contribution < 1.29 is 9.53 Å². The molecule has 0 bridgehead atoms. The number of aromatic amines is 1. The second-order valence-corrected chi connectivity index (χ2v) is 4.43. The molecule has 5 heteroatoms. The molecule has 0 saturated heterocycles. The van der Waals surface area contributed by atoms with E-state index in [4.69, 9.17) is 16.3 Å². The lowest BCUT2D eigenvalue weighted by Crippen LogP contribution is -2.18. The summed E-state index contributed by atoms with van der Waals surface area (Å²) >= 11 is 5.82. The predicted octanol–water partition coefficient (Wildman–Crippen LogP) is 2.39. The number of nitrogens with zero attached hydrogens (tertiary/aromatic N) is 1. The van der Waals surface area contributed by atoms with Gasteiger partial charge in [-0.3, -0.25) is 9.89 Å². The highest BCUT2D eigenvalue weighted by Crippen LogP contribution is 2.14. The van der Waals surface area contributed by atoms with Gasteiger partial charge in [0.25, 0.3) is 6.47 Å². The maximum Gasteiger partial charge on any atom is 0.293 e. The number of benzene rings is 1. The Labute approximate surface area is 110 Å². The summed E-state index contributed by atoms with van der Waals surface area (Å²) in [5.74, 6) is 0. The van der Waals surface area contributed by atoms with Crippen LogP contribution in [-0.4, -0.2) is 22.8 Å². The summed E-state index contributed by atoms with van der Waals surface area (Å²) in [5.41, 5.74) is 2.09. The van der Waals surface area contributed by atoms with Crippen molar-refractivity contribution in [2.75, 3.05) is 0 Å². The van der Waals surface area contributed by atoms with Gasteiger partial charge in [-0.05, 0) is 23.3 Å². The third-order valence-corrected chi connectivity index (χ3v) is 2.89. The summed E-state index contributed by atoms with van der Waals surface area (Å²) in [6.07, 6.45) is 4.62. The average molecular weight is 265 g/mol. The largest absolute Gasteiger partial charge is 0.464 e. The number of hydrogen-bond acceptors (Lipinski definition) is 3. The number of carbonyl (C=O) groups excluding carboxylic acids is 1. The van der Waals surface area contributed by atoms with Gasteiger partial charge in [-0.2, -0.15) is 5.10 Å². The van der Waals surface area contributed by atoms with E-state index in [0.717, 1.165) is 11.1 Å². The van der Waals surface area contributed by atoms with E-state index in [0.29, 0.717) is 24.3 Å². The van der Waals surface area contributed by atoms with E-state index in [1.807, 2.05) is 24.3 Å². The zero-order chi connectivity index (χ0) is 12.8. The normalized spacial score (nSPS) is 12.1. The quantitative estimate of drug-likeness (QED) is 0.815. The van der Waals surface area contributed by atoms with E-state index in [1.165, 1.54) is 0 Å². The smallest absolute Gasteiger partial charge is 0.293 e. The molecular weight excluding hydrogens is 252 g/mol. The zero-order valence-electron chi connectivity index (χ0n) is 9.67. The highest BCUT2D eigenvalue weighted by molar-refractivity contribution is 6.30. The summed E-state index contributed by atoms with van der Waals surface area (Å²) < 4.78 is 5.09. The minimum absolute atomic E-state index is 0.193. The number of halogens is 1. The van der Waals surface area contributed by atoms with Gasteiger partial charge in [-0.1, -0.05) is 23.7 Å². The first-order valence-electron chi connectivity index (χ1n) is 5.59. The average Bonchev–Trinajstić information content (AvgIpc) is 2.85. The number of carbonyl (C=O) groups is 1. The molecule has 0 saturated carbocycles. The summed E-state index contributed by atoms with van der Waals surface area (Å²) in [6, 6.07) is 7.51. The van der Waals surface area contributed by atoms with Crippen LogP contribution in [0.15, 0.2) is 36.7 Å². The van der Waals surface area contributed by atoms with Crippen molar-refractivity contribution in [1.82, 2.24) is 10.2 Å². The number of H-pyrrole nitrogens is 1. The van der Waals surface area contributed by atoms with E-state index in [1.54, 1.807) is 12.4 Å². The third kappa shape index (κ3) is 3.60. The van der Waals surface area contributed by atoms with Crippen molar-refractivity contribution in [3.8, 4) is 0 Å². The molecule has 1 unspecified atom stereocenters. The first-order chi connectivity index (χ1) is 8.78. The second-order valence-electron chi connectivity index (χ2n) is 4.00. The van der Waals surface area contributed by atoms with Crippen molar-refractivity contribution in [3.63, 3.8) is 0 Å². The van der Waals surface area contributed by atoms with Gasteiger partial charge in [-0.15, -0.1) is 0 Å². The van der Waals surface area contributed by atoms with Crippen LogP contribution in [0, 0.1) is 0 Å². The topological polar surface area (TPSA) is 55.0 Å². The van der Waals surface area contributed by atoms with Crippen LogP contribution >= 0.6 is 11.6 Å². The van der Waals surface area contributed by atoms with Crippen LogP contribution in [-0.2, 0) is 22.4 Å². The van der Waals surface area contributed by atoms with Gasteiger partial charge in [0.1, 0.15) is 6.10 Å². The molecule has 2 rings (SSSR count). The summed E-state index contributed by atoms with van der Waals surface area (Å²) in [4.78, 5) is 10.5. The molecule has 1 atom stereocenters. The molecule has 2 aromatic rings. The van der Waals surface area contributed by atoms with Crippen LogP contribution in [0.1, 0.15) is 11.1 Å². The van der Waals surface area contributed by atoms with Crippen molar-refractivity contribution in [3.05, 3.63) is 52.8 Å². The van der Waals surface area contributed by atoms with E-state index < -0.39 is 0 Å².